The molecule has 1 atom stereocenters. The lowest BCUT2D eigenvalue weighted by atomic mass is 9.71. The molecule has 0 radical (unpaired) electrons. The largest absolute Gasteiger partial charge is 0.330 e. The van der Waals surface area contributed by atoms with Crippen molar-refractivity contribution in [2.75, 3.05) is 20.1 Å². The van der Waals surface area contributed by atoms with Gasteiger partial charge in [0.05, 0.1) is 0 Å². The third-order valence-electron chi connectivity index (χ3n) is 4.34. The average molecular weight is 246 g/mol. The molecule has 0 aliphatic heterocycles. The number of nitrogens with two attached hydrogens (primary N) is 1. The van der Waals surface area contributed by atoms with Gasteiger partial charge < -0.3 is 5.73 Å². The Morgan fingerprint density at radius 1 is 1.33 bits per heavy atom. The predicted octanol–water partition coefficient (Wildman–Crippen LogP) is 3.08. The van der Waals surface area contributed by atoms with Gasteiger partial charge in [0.2, 0.25) is 0 Å². The Labute approximate surface area is 111 Å². The second-order valence-corrected chi connectivity index (χ2v) is 6.15. The van der Waals surface area contributed by atoms with Crippen molar-refractivity contribution in [3.63, 3.8) is 0 Å². The van der Waals surface area contributed by atoms with Crippen LogP contribution in [0.4, 0.5) is 0 Å². The van der Waals surface area contributed by atoms with Crippen LogP contribution in [0.3, 0.4) is 0 Å². The molecule has 2 N–H and O–H groups in total. The number of nitrogens with zero attached hydrogens (tertiary/aromatic N) is 1. The Morgan fingerprint density at radius 3 is 2.78 bits per heavy atom. The fourth-order valence-electron chi connectivity index (χ4n) is 3.15. The SMILES string of the molecule is CN(CCCN)C1CCC(C)(C)c2ccccc21. The van der Waals surface area contributed by atoms with Crippen LogP contribution in [0.15, 0.2) is 24.3 Å². The monoisotopic (exact) mass is 246 g/mol. The van der Waals surface area contributed by atoms with Crippen LogP contribution in [-0.4, -0.2) is 25.0 Å². The summed E-state index contributed by atoms with van der Waals surface area (Å²) in [6.07, 6.45) is 3.60. The lowest BCUT2D eigenvalue weighted by Gasteiger charge is -2.40. The molecule has 1 aliphatic carbocycles. The minimum absolute atomic E-state index is 0.321. The van der Waals surface area contributed by atoms with Gasteiger partial charge in [-0.05, 0) is 55.9 Å². The van der Waals surface area contributed by atoms with Crippen LogP contribution in [0.2, 0.25) is 0 Å². The molecular formula is C16H26N2. The molecule has 1 unspecified atom stereocenters. The molecule has 0 saturated heterocycles. The van der Waals surface area contributed by atoms with Gasteiger partial charge in [-0.3, -0.25) is 4.90 Å². The van der Waals surface area contributed by atoms with Crippen LogP contribution >= 0.6 is 0 Å². The summed E-state index contributed by atoms with van der Waals surface area (Å²) in [6, 6.07) is 9.52. The highest BCUT2D eigenvalue weighted by molar-refractivity contribution is 5.38. The molecule has 0 spiro atoms. The first-order valence-corrected chi connectivity index (χ1v) is 7.06. The third kappa shape index (κ3) is 2.60. The zero-order chi connectivity index (χ0) is 13.2. The van der Waals surface area contributed by atoms with Gasteiger partial charge in [0.15, 0.2) is 0 Å². The lowest BCUT2D eigenvalue weighted by molar-refractivity contribution is 0.199. The highest BCUT2D eigenvalue weighted by Crippen LogP contribution is 2.43. The van der Waals surface area contributed by atoms with E-state index < -0.39 is 0 Å². The maximum absolute atomic E-state index is 5.62. The van der Waals surface area contributed by atoms with Crippen LogP contribution in [0, 0.1) is 0 Å². The van der Waals surface area contributed by atoms with E-state index in [9.17, 15) is 0 Å². The lowest BCUT2D eigenvalue weighted by Crippen LogP contribution is -2.34. The zero-order valence-electron chi connectivity index (χ0n) is 11.9. The summed E-state index contributed by atoms with van der Waals surface area (Å²) in [7, 11) is 2.23. The molecule has 2 nitrogen and oxygen atoms in total. The number of hydrogen-bond acceptors (Lipinski definition) is 2. The topological polar surface area (TPSA) is 29.3 Å². The van der Waals surface area contributed by atoms with Crippen LogP contribution in [0.5, 0.6) is 0 Å². The summed E-state index contributed by atoms with van der Waals surface area (Å²) in [5.41, 5.74) is 8.99. The van der Waals surface area contributed by atoms with Crippen molar-refractivity contribution in [3.05, 3.63) is 35.4 Å². The van der Waals surface area contributed by atoms with Crippen LogP contribution in [-0.2, 0) is 5.41 Å². The molecular weight excluding hydrogens is 220 g/mol. The Hall–Kier alpha value is -0.860. The van der Waals surface area contributed by atoms with E-state index in [-0.39, 0.29) is 0 Å². The molecule has 1 aromatic carbocycles. The molecule has 100 valence electrons. The van der Waals surface area contributed by atoms with Crippen molar-refractivity contribution in [1.29, 1.82) is 0 Å². The van der Waals surface area contributed by atoms with Crippen LogP contribution < -0.4 is 5.73 Å². The summed E-state index contributed by atoms with van der Waals surface area (Å²) < 4.78 is 0. The molecule has 0 fully saturated rings. The van der Waals surface area contributed by atoms with Crippen molar-refractivity contribution in [3.8, 4) is 0 Å². The van der Waals surface area contributed by atoms with Crippen molar-refractivity contribution < 1.29 is 0 Å². The Balaban J connectivity index is 2.25. The van der Waals surface area contributed by atoms with E-state index in [0.29, 0.717) is 11.5 Å². The summed E-state index contributed by atoms with van der Waals surface area (Å²) in [5, 5.41) is 0. The number of rotatable bonds is 4. The van der Waals surface area contributed by atoms with E-state index in [2.05, 4.69) is 50.1 Å². The minimum atomic E-state index is 0.321. The third-order valence-corrected chi connectivity index (χ3v) is 4.34. The van der Waals surface area contributed by atoms with Crippen molar-refractivity contribution >= 4 is 0 Å². The molecule has 2 rings (SSSR count). The highest BCUT2D eigenvalue weighted by Gasteiger charge is 2.33. The Kier molecular flexibility index (Phi) is 4.08. The Morgan fingerprint density at radius 2 is 2.06 bits per heavy atom. The van der Waals surface area contributed by atoms with E-state index in [1.165, 1.54) is 24.0 Å². The average Bonchev–Trinajstić information content (AvgIpc) is 2.36. The fraction of sp³-hybridized carbons (Fsp3) is 0.625. The normalized spacial score (nSPS) is 21.9. The molecule has 1 aromatic rings. The maximum atomic E-state index is 5.62. The molecule has 0 bridgehead atoms. The summed E-state index contributed by atoms with van der Waals surface area (Å²) in [6.45, 7) is 6.60. The number of benzene rings is 1. The Bertz CT molecular complexity index is 398. The highest BCUT2D eigenvalue weighted by atomic mass is 15.1. The first-order chi connectivity index (χ1) is 8.56. The maximum Gasteiger partial charge on any atom is 0.0348 e. The van der Waals surface area contributed by atoms with Crippen molar-refractivity contribution in [1.82, 2.24) is 4.90 Å². The summed E-state index contributed by atoms with van der Waals surface area (Å²) >= 11 is 0. The number of hydrogen-bond donors (Lipinski definition) is 1. The first kappa shape index (κ1) is 13.6. The van der Waals surface area contributed by atoms with Gasteiger partial charge in [0.1, 0.15) is 0 Å². The van der Waals surface area contributed by atoms with Gasteiger partial charge in [0, 0.05) is 6.04 Å². The van der Waals surface area contributed by atoms with Gasteiger partial charge >= 0.3 is 0 Å². The van der Waals surface area contributed by atoms with Crippen LogP contribution in [0.1, 0.15) is 50.3 Å². The van der Waals surface area contributed by atoms with E-state index in [1.54, 1.807) is 0 Å². The minimum Gasteiger partial charge on any atom is -0.330 e. The molecule has 0 heterocycles. The summed E-state index contributed by atoms with van der Waals surface area (Å²) in [5.74, 6) is 0. The van der Waals surface area contributed by atoms with Gasteiger partial charge in [-0.2, -0.15) is 0 Å². The summed E-state index contributed by atoms with van der Waals surface area (Å²) in [4.78, 5) is 2.47. The second-order valence-electron chi connectivity index (χ2n) is 6.15. The van der Waals surface area contributed by atoms with Crippen molar-refractivity contribution in [2.24, 2.45) is 5.73 Å². The van der Waals surface area contributed by atoms with E-state index in [1.807, 2.05) is 0 Å². The fourth-order valence-corrected chi connectivity index (χ4v) is 3.15. The number of fused-ring (bicyclic) bond motifs is 1. The van der Waals surface area contributed by atoms with Gasteiger partial charge in [-0.25, -0.2) is 0 Å². The zero-order valence-corrected chi connectivity index (χ0v) is 11.9. The molecule has 2 heteroatoms. The predicted molar refractivity (Wildman–Crippen MR) is 77.7 cm³/mol. The smallest absolute Gasteiger partial charge is 0.0348 e. The van der Waals surface area contributed by atoms with E-state index in [4.69, 9.17) is 5.73 Å². The molecule has 0 saturated carbocycles. The van der Waals surface area contributed by atoms with Gasteiger partial charge in [-0.15, -0.1) is 0 Å². The molecule has 18 heavy (non-hydrogen) atoms. The van der Waals surface area contributed by atoms with Crippen LogP contribution in [0.25, 0.3) is 0 Å². The standard InChI is InChI=1S/C16H26N2/c1-16(2)10-9-15(18(3)12-6-11-17)13-7-4-5-8-14(13)16/h4-5,7-8,15H,6,9-12,17H2,1-3H3. The van der Waals surface area contributed by atoms with E-state index >= 15 is 0 Å². The first-order valence-electron chi connectivity index (χ1n) is 7.06. The van der Waals surface area contributed by atoms with E-state index in [0.717, 1.165) is 19.5 Å². The van der Waals surface area contributed by atoms with Crippen molar-refractivity contribution in [2.45, 2.75) is 44.6 Å². The quantitative estimate of drug-likeness (QED) is 0.884. The molecule has 1 aliphatic rings. The molecule has 0 amide bonds. The van der Waals surface area contributed by atoms with Gasteiger partial charge in [-0.1, -0.05) is 38.1 Å². The van der Waals surface area contributed by atoms with Gasteiger partial charge in [0.25, 0.3) is 0 Å². The molecule has 0 aromatic heterocycles. The second kappa shape index (κ2) is 5.41.